The predicted molar refractivity (Wildman–Crippen MR) is 69.3 cm³/mol. The zero-order valence-corrected chi connectivity index (χ0v) is 11.6. The van der Waals surface area contributed by atoms with E-state index in [0.29, 0.717) is 19.7 Å². The molecular weight excluding hydrogens is 274 g/mol. The number of hydrogen-bond acceptors (Lipinski definition) is 7. The SMILES string of the molecule is NCC(=O)OCCN1CCN(CCS(=O)(=O)O)CC1. The van der Waals surface area contributed by atoms with Crippen molar-refractivity contribution in [3.05, 3.63) is 0 Å². The van der Waals surface area contributed by atoms with Gasteiger partial charge in [-0.3, -0.25) is 19.1 Å². The third kappa shape index (κ3) is 7.43. The van der Waals surface area contributed by atoms with E-state index in [0.717, 1.165) is 26.2 Å². The van der Waals surface area contributed by atoms with Crippen molar-refractivity contribution in [2.45, 2.75) is 0 Å². The summed E-state index contributed by atoms with van der Waals surface area (Å²) in [6.07, 6.45) is 0. The van der Waals surface area contributed by atoms with Crippen LogP contribution in [0.25, 0.3) is 0 Å². The van der Waals surface area contributed by atoms with E-state index in [9.17, 15) is 13.2 Å². The second kappa shape index (κ2) is 7.75. The third-order valence-corrected chi connectivity index (χ3v) is 3.67. The molecule has 0 bridgehead atoms. The van der Waals surface area contributed by atoms with Gasteiger partial charge in [-0.05, 0) is 0 Å². The maximum absolute atomic E-state index is 10.8. The van der Waals surface area contributed by atoms with Crippen molar-refractivity contribution in [3.8, 4) is 0 Å². The highest BCUT2D eigenvalue weighted by Crippen LogP contribution is 2.01. The summed E-state index contributed by atoms with van der Waals surface area (Å²) in [5, 5.41) is 0. The van der Waals surface area contributed by atoms with E-state index in [1.807, 2.05) is 4.90 Å². The zero-order valence-electron chi connectivity index (χ0n) is 10.8. The molecule has 0 aromatic carbocycles. The van der Waals surface area contributed by atoms with Crippen LogP contribution in [0.2, 0.25) is 0 Å². The summed E-state index contributed by atoms with van der Waals surface area (Å²) in [5.41, 5.74) is 5.11. The van der Waals surface area contributed by atoms with Crippen molar-refractivity contribution in [1.82, 2.24) is 9.80 Å². The molecular formula is C10H21N3O5S. The summed E-state index contributed by atoms with van der Waals surface area (Å²) in [6.45, 7) is 4.25. The van der Waals surface area contributed by atoms with Gasteiger partial charge in [0.05, 0.1) is 12.3 Å². The Morgan fingerprint density at radius 3 is 2.16 bits per heavy atom. The molecule has 0 aliphatic carbocycles. The minimum atomic E-state index is -3.89. The van der Waals surface area contributed by atoms with Crippen LogP contribution >= 0.6 is 0 Å². The molecule has 1 saturated heterocycles. The van der Waals surface area contributed by atoms with Gasteiger partial charge in [0.1, 0.15) is 6.61 Å². The minimum Gasteiger partial charge on any atom is -0.463 e. The first-order chi connectivity index (χ1) is 8.90. The first-order valence-corrected chi connectivity index (χ1v) is 7.77. The van der Waals surface area contributed by atoms with Crippen LogP contribution in [0, 0.1) is 0 Å². The number of rotatable bonds is 7. The Hall–Kier alpha value is -0.740. The molecule has 0 aromatic heterocycles. The first kappa shape index (κ1) is 16.3. The van der Waals surface area contributed by atoms with Crippen LogP contribution in [-0.4, -0.2) is 86.9 Å². The van der Waals surface area contributed by atoms with Crippen LogP contribution < -0.4 is 5.73 Å². The quantitative estimate of drug-likeness (QED) is 0.409. The summed E-state index contributed by atoms with van der Waals surface area (Å²) < 4.78 is 34.8. The third-order valence-electron chi connectivity index (χ3n) is 2.97. The molecule has 0 radical (unpaired) electrons. The molecule has 0 saturated carbocycles. The number of carbonyl (C=O) groups excluding carboxylic acids is 1. The first-order valence-electron chi connectivity index (χ1n) is 6.16. The normalized spacial score (nSPS) is 18.4. The fourth-order valence-electron chi connectivity index (χ4n) is 1.83. The average Bonchev–Trinajstić information content (AvgIpc) is 2.36. The van der Waals surface area contributed by atoms with Crippen molar-refractivity contribution in [2.24, 2.45) is 5.73 Å². The highest BCUT2D eigenvalue weighted by molar-refractivity contribution is 7.85. The Morgan fingerprint density at radius 2 is 1.68 bits per heavy atom. The lowest BCUT2D eigenvalue weighted by atomic mass is 10.3. The maximum atomic E-state index is 10.8. The van der Waals surface area contributed by atoms with Crippen molar-refractivity contribution in [1.29, 1.82) is 0 Å². The average molecular weight is 295 g/mol. The molecule has 0 amide bonds. The van der Waals surface area contributed by atoms with Crippen LogP contribution in [0.3, 0.4) is 0 Å². The van der Waals surface area contributed by atoms with Gasteiger partial charge in [-0.2, -0.15) is 8.42 Å². The molecule has 1 aliphatic rings. The predicted octanol–water partition coefficient (Wildman–Crippen LogP) is -2.01. The van der Waals surface area contributed by atoms with Gasteiger partial charge in [0.25, 0.3) is 10.1 Å². The fraction of sp³-hybridized carbons (Fsp3) is 0.900. The Kier molecular flexibility index (Phi) is 6.66. The van der Waals surface area contributed by atoms with Crippen LogP contribution in [0.1, 0.15) is 0 Å². The molecule has 112 valence electrons. The minimum absolute atomic E-state index is 0.108. The molecule has 9 heteroatoms. The van der Waals surface area contributed by atoms with Gasteiger partial charge in [-0.1, -0.05) is 0 Å². The van der Waals surface area contributed by atoms with Gasteiger partial charge in [0, 0.05) is 39.3 Å². The molecule has 0 aromatic rings. The zero-order chi connectivity index (χ0) is 14.3. The summed E-state index contributed by atoms with van der Waals surface area (Å²) in [6, 6.07) is 0. The van der Waals surface area contributed by atoms with E-state index in [1.165, 1.54) is 0 Å². The molecule has 8 nitrogen and oxygen atoms in total. The van der Waals surface area contributed by atoms with E-state index in [1.54, 1.807) is 0 Å². The molecule has 1 heterocycles. The summed E-state index contributed by atoms with van der Waals surface area (Å²) in [7, 11) is -3.89. The summed E-state index contributed by atoms with van der Waals surface area (Å²) >= 11 is 0. The van der Waals surface area contributed by atoms with Gasteiger partial charge in [-0.25, -0.2) is 0 Å². The Bertz CT molecular complexity index is 379. The van der Waals surface area contributed by atoms with Gasteiger partial charge >= 0.3 is 5.97 Å². The van der Waals surface area contributed by atoms with Crippen LogP contribution in [-0.2, 0) is 19.6 Å². The van der Waals surface area contributed by atoms with Crippen molar-refractivity contribution in [2.75, 3.05) is 58.2 Å². The number of nitrogens with zero attached hydrogens (tertiary/aromatic N) is 2. The van der Waals surface area contributed by atoms with E-state index in [2.05, 4.69) is 4.90 Å². The monoisotopic (exact) mass is 295 g/mol. The van der Waals surface area contributed by atoms with Gasteiger partial charge < -0.3 is 10.5 Å². The lowest BCUT2D eigenvalue weighted by Gasteiger charge is -2.34. The molecule has 1 fully saturated rings. The highest BCUT2D eigenvalue weighted by atomic mass is 32.2. The van der Waals surface area contributed by atoms with E-state index in [4.69, 9.17) is 15.0 Å². The van der Waals surface area contributed by atoms with Crippen molar-refractivity contribution in [3.63, 3.8) is 0 Å². The Balaban J connectivity index is 2.13. The van der Waals surface area contributed by atoms with E-state index < -0.39 is 16.1 Å². The molecule has 0 unspecified atom stereocenters. The molecule has 19 heavy (non-hydrogen) atoms. The number of carbonyl (C=O) groups is 1. The number of nitrogens with two attached hydrogens (primary N) is 1. The Labute approximate surface area is 113 Å². The van der Waals surface area contributed by atoms with Crippen molar-refractivity contribution >= 4 is 16.1 Å². The lowest BCUT2D eigenvalue weighted by molar-refractivity contribution is -0.142. The lowest BCUT2D eigenvalue weighted by Crippen LogP contribution is -2.48. The van der Waals surface area contributed by atoms with Crippen LogP contribution in [0.5, 0.6) is 0 Å². The molecule has 1 aliphatic heterocycles. The molecule has 0 spiro atoms. The topological polar surface area (TPSA) is 113 Å². The second-order valence-corrected chi connectivity index (χ2v) is 5.97. The fourth-order valence-corrected chi connectivity index (χ4v) is 2.32. The van der Waals surface area contributed by atoms with Gasteiger partial charge in [0.2, 0.25) is 0 Å². The number of ether oxygens (including phenoxy) is 1. The Morgan fingerprint density at radius 1 is 1.16 bits per heavy atom. The maximum Gasteiger partial charge on any atom is 0.319 e. The van der Waals surface area contributed by atoms with Gasteiger partial charge in [-0.15, -0.1) is 0 Å². The number of piperazine rings is 1. The highest BCUT2D eigenvalue weighted by Gasteiger charge is 2.18. The molecule has 0 atom stereocenters. The summed E-state index contributed by atoms with van der Waals surface area (Å²) in [4.78, 5) is 14.9. The second-order valence-electron chi connectivity index (χ2n) is 4.39. The van der Waals surface area contributed by atoms with Crippen molar-refractivity contribution < 1.29 is 22.5 Å². The van der Waals surface area contributed by atoms with Crippen LogP contribution in [0.4, 0.5) is 0 Å². The largest absolute Gasteiger partial charge is 0.463 e. The summed E-state index contributed by atoms with van der Waals surface area (Å²) in [5.74, 6) is -0.645. The van der Waals surface area contributed by atoms with Gasteiger partial charge in [0.15, 0.2) is 0 Å². The standard InChI is InChI=1S/C10H21N3O5S/c11-9-10(14)18-7-5-12-1-3-13(4-2-12)6-8-19(15,16)17/h1-9,11H2,(H,15,16,17). The number of hydrogen-bond donors (Lipinski definition) is 2. The molecule has 3 N–H and O–H groups in total. The van der Waals surface area contributed by atoms with Crippen LogP contribution in [0.15, 0.2) is 0 Å². The number of esters is 1. The smallest absolute Gasteiger partial charge is 0.319 e. The van der Waals surface area contributed by atoms with E-state index in [-0.39, 0.29) is 12.3 Å². The van der Waals surface area contributed by atoms with E-state index >= 15 is 0 Å². The molecule has 1 rings (SSSR count).